The molecule has 3 atom stereocenters. The number of hydrogen-bond donors (Lipinski definition) is 1. The average molecular weight is 264 g/mol. The number of aliphatic hydroxyl groups is 1. The van der Waals surface area contributed by atoms with Gasteiger partial charge in [0, 0.05) is 11.4 Å². The first-order chi connectivity index (χ1) is 6.61. The smallest absolute Gasteiger partial charge is 0.0705 e. The van der Waals surface area contributed by atoms with Crippen molar-refractivity contribution in [2.24, 2.45) is 5.92 Å². The van der Waals surface area contributed by atoms with Crippen molar-refractivity contribution in [2.75, 3.05) is 20.6 Å². The van der Waals surface area contributed by atoms with E-state index in [0.717, 1.165) is 13.0 Å². The van der Waals surface area contributed by atoms with E-state index >= 15 is 0 Å². The molecule has 0 unspecified atom stereocenters. The molecule has 1 aliphatic rings. The van der Waals surface area contributed by atoms with Gasteiger partial charge in [0.15, 0.2) is 0 Å². The van der Waals surface area contributed by atoms with Gasteiger partial charge >= 0.3 is 0 Å². The molecule has 0 saturated heterocycles. The first-order valence-corrected chi connectivity index (χ1v) is 6.49. The van der Waals surface area contributed by atoms with Crippen LogP contribution in [0, 0.1) is 5.92 Å². The van der Waals surface area contributed by atoms with E-state index in [0.29, 0.717) is 10.7 Å². The van der Waals surface area contributed by atoms with Crippen LogP contribution >= 0.6 is 15.9 Å². The molecule has 2 nitrogen and oxygen atoms in total. The van der Waals surface area contributed by atoms with Gasteiger partial charge in [0.05, 0.1) is 6.10 Å². The number of halogens is 1. The van der Waals surface area contributed by atoms with Crippen molar-refractivity contribution in [3.63, 3.8) is 0 Å². The van der Waals surface area contributed by atoms with Crippen LogP contribution in [0.2, 0.25) is 0 Å². The summed E-state index contributed by atoms with van der Waals surface area (Å²) in [5, 5.41) is 10.1. The number of hydrogen-bond acceptors (Lipinski definition) is 2. The van der Waals surface area contributed by atoms with E-state index in [1.165, 1.54) is 25.7 Å². The van der Waals surface area contributed by atoms with Crippen LogP contribution in [0.3, 0.4) is 0 Å². The van der Waals surface area contributed by atoms with E-state index in [4.69, 9.17) is 0 Å². The molecule has 0 spiro atoms. The zero-order valence-corrected chi connectivity index (χ0v) is 10.8. The highest BCUT2D eigenvalue weighted by atomic mass is 79.9. The summed E-state index contributed by atoms with van der Waals surface area (Å²) in [6.07, 6.45) is 5.96. The third-order valence-electron chi connectivity index (χ3n) is 3.01. The number of rotatable bonds is 2. The summed E-state index contributed by atoms with van der Waals surface area (Å²) in [6, 6.07) is 0. The van der Waals surface area contributed by atoms with Gasteiger partial charge in [0.25, 0.3) is 0 Å². The number of alkyl halides is 1. The molecule has 84 valence electrons. The van der Waals surface area contributed by atoms with E-state index in [2.05, 4.69) is 34.9 Å². The summed E-state index contributed by atoms with van der Waals surface area (Å²) in [7, 11) is 4.16. The topological polar surface area (TPSA) is 23.5 Å². The maximum atomic E-state index is 10.1. The average Bonchev–Trinajstić information content (AvgIpc) is 2.11. The third-order valence-corrected chi connectivity index (χ3v) is 4.01. The minimum atomic E-state index is -0.169. The Morgan fingerprint density at radius 1 is 1.21 bits per heavy atom. The van der Waals surface area contributed by atoms with Gasteiger partial charge in [-0.15, -0.1) is 0 Å². The maximum absolute atomic E-state index is 10.1. The fourth-order valence-electron chi connectivity index (χ4n) is 2.23. The normalized spacial score (nSPS) is 35.4. The Hall–Kier alpha value is 0.400. The Bertz CT molecular complexity index is 163. The van der Waals surface area contributed by atoms with Gasteiger partial charge in [-0.05, 0) is 32.9 Å². The summed E-state index contributed by atoms with van der Waals surface area (Å²) in [5.74, 6) is 0.440. The zero-order chi connectivity index (χ0) is 10.6. The van der Waals surface area contributed by atoms with Crippen molar-refractivity contribution in [3.05, 3.63) is 0 Å². The lowest BCUT2D eigenvalue weighted by atomic mass is 9.88. The van der Waals surface area contributed by atoms with Gasteiger partial charge < -0.3 is 10.0 Å². The van der Waals surface area contributed by atoms with Crippen molar-refractivity contribution in [3.8, 4) is 0 Å². The zero-order valence-electron chi connectivity index (χ0n) is 9.25. The van der Waals surface area contributed by atoms with Gasteiger partial charge in [0.1, 0.15) is 0 Å². The van der Waals surface area contributed by atoms with E-state index in [-0.39, 0.29) is 6.10 Å². The molecule has 0 aliphatic heterocycles. The van der Waals surface area contributed by atoms with Crippen LogP contribution in [0.1, 0.15) is 32.1 Å². The van der Waals surface area contributed by atoms with Gasteiger partial charge in [-0.3, -0.25) is 0 Å². The van der Waals surface area contributed by atoms with Crippen LogP contribution < -0.4 is 0 Å². The SMILES string of the molecule is CN(C)C[C@H]1CCCCC[C@H](Br)[C@@H]1O. The van der Waals surface area contributed by atoms with Crippen LogP contribution in [0.15, 0.2) is 0 Å². The molecule has 3 heteroatoms. The van der Waals surface area contributed by atoms with Crippen molar-refractivity contribution < 1.29 is 5.11 Å². The first-order valence-electron chi connectivity index (χ1n) is 5.58. The molecule has 14 heavy (non-hydrogen) atoms. The molecular weight excluding hydrogens is 242 g/mol. The lowest BCUT2D eigenvalue weighted by Crippen LogP contribution is -2.37. The lowest BCUT2D eigenvalue weighted by Gasteiger charge is -2.31. The molecule has 1 rings (SSSR count). The molecule has 1 saturated carbocycles. The number of aliphatic hydroxyl groups excluding tert-OH is 1. The van der Waals surface area contributed by atoms with E-state index in [1.54, 1.807) is 0 Å². The highest BCUT2D eigenvalue weighted by Gasteiger charge is 2.27. The number of nitrogens with zero attached hydrogens (tertiary/aromatic N) is 1. The van der Waals surface area contributed by atoms with Crippen LogP contribution in [0.25, 0.3) is 0 Å². The highest BCUT2D eigenvalue weighted by Crippen LogP contribution is 2.27. The van der Waals surface area contributed by atoms with Crippen molar-refractivity contribution >= 4 is 15.9 Å². The monoisotopic (exact) mass is 263 g/mol. The summed E-state index contributed by atoms with van der Waals surface area (Å²) in [5.41, 5.74) is 0. The molecule has 0 radical (unpaired) electrons. The molecule has 1 N–H and O–H groups in total. The molecule has 0 amide bonds. The molecule has 1 aliphatic carbocycles. The van der Waals surface area contributed by atoms with Crippen LogP contribution in [-0.4, -0.2) is 41.6 Å². The summed E-state index contributed by atoms with van der Waals surface area (Å²) in [4.78, 5) is 2.47. The Kier molecular flexibility index (Phi) is 5.42. The first kappa shape index (κ1) is 12.5. The standard InChI is InChI=1S/C11H22BrNO/c1-13(2)8-9-6-4-3-5-7-10(12)11(9)14/h9-11,14H,3-8H2,1-2H3/t9-,10+,11-/m1/s1. The van der Waals surface area contributed by atoms with Crippen LogP contribution in [0.5, 0.6) is 0 Å². The molecule has 0 aromatic heterocycles. The van der Waals surface area contributed by atoms with E-state index < -0.39 is 0 Å². The van der Waals surface area contributed by atoms with Crippen LogP contribution in [0.4, 0.5) is 0 Å². The largest absolute Gasteiger partial charge is 0.392 e. The molecule has 0 heterocycles. The second-order valence-electron chi connectivity index (χ2n) is 4.67. The van der Waals surface area contributed by atoms with Crippen molar-refractivity contribution in [1.82, 2.24) is 4.90 Å². The van der Waals surface area contributed by atoms with Crippen LogP contribution in [-0.2, 0) is 0 Å². The third kappa shape index (κ3) is 3.87. The Labute approximate surface area is 95.8 Å². The quantitative estimate of drug-likeness (QED) is 0.773. The lowest BCUT2D eigenvalue weighted by molar-refractivity contribution is 0.0753. The van der Waals surface area contributed by atoms with E-state index in [9.17, 15) is 5.11 Å². The van der Waals surface area contributed by atoms with E-state index in [1.807, 2.05) is 0 Å². The molecule has 0 bridgehead atoms. The predicted octanol–water partition coefficient (Wildman–Crippen LogP) is 2.25. The summed E-state index contributed by atoms with van der Waals surface area (Å²) < 4.78 is 0. The van der Waals surface area contributed by atoms with Gasteiger partial charge in [-0.1, -0.05) is 35.2 Å². The minimum absolute atomic E-state index is 0.169. The summed E-state index contributed by atoms with van der Waals surface area (Å²) in [6.45, 7) is 1.00. The van der Waals surface area contributed by atoms with Gasteiger partial charge in [-0.25, -0.2) is 0 Å². The summed E-state index contributed by atoms with van der Waals surface area (Å²) >= 11 is 3.60. The molecule has 0 aromatic carbocycles. The second kappa shape index (κ2) is 6.09. The van der Waals surface area contributed by atoms with Gasteiger partial charge in [-0.2, -0.15) is 0 Å². The molecule has 1 fully saturated rings. The Balaban J connectivity index is 2.50. The maximum Gasteiger partial charge on any atom is 0.0705 e. The fraction of sp³-hybridized carbons (Fsp3) is 1.00. The highest BCUT2D eigenvalue weighted by molar-refractivity contribution is 9.09. The Morgan fingerprint density at radius 3 is 2.50 bits per heavy atom. The van der Waals surface area contributed by atoms with Crippen molar-refractivity contribution in [1.29, 1.82) is 0 Å². The molecule has 0 aromatic rings. The minimum Gasteiger partial charge on any atom is -0.392 e. The van der Waals surface area contributed by atoms with Crippen molar-refractivity contribution in [2.45, 2.75) is 43.0 Å². The Morgan fingerprint density at radius 2 is 1.86 bits per heavy atom. The van der Waals surface area contributed by atoms with Gasteiger partial charge in [0.2, 0.25) is 0 Å². The molecular formula is C11H22BrNO. The second-order valence-corrected chi connectivity index (χ2v) is 5.84. The predicted molar refractivity (Wildman–Crippen MR) is 63.9 cm³/mol. The fourth-order valence-corrected chi connectivity index (χ4v) is 2.98.